The second kappa shape index (κ2) is 11.1. The third-order valence-electron chi connectivity index (χ3n) is 5.25. The van der Waals surface area contributed by atoms with Crippen LogP contribution in [-0.4, -0.2) is 34.8 Å². The van der Waals surface area contributed by atoms with Crippen molar-refractivity contribution in [1.29, 1.82) is 0 Å². The van der Waals surface area contributed by atoms with Crippen molar-refractivity contribution in [2.75, 3.05) is 7.11 Å². The maximum Gasteiger partial charge on any atom is 0.373 e. The van der Waals surface area contributed by atoms with Crippen LogP contribution in [-0.2, 0) is 22.7 Å². The zero-order valence-corrected chi connectivity index (χ0v) is 21.6. The number of nitro groups is 1. The molecule has 0 unspecified atom stereocenters. The highest BCUT2D eigenvalue weighted by molar-refractivity contribution is 6.42. The molecule has 11 nitrogen and oxygen atoms in total. The number of methoxy groups -OCH3 is 1. The summed E-state index contributed by atoms with van der Waals surface area (Å²) < 4.78 is 15.5. The van der Waals surface area contributed by atoms with Crippen LogP contribution in [0.5, 0.6) is 5.75 Å². The Morgan fingerprint density at radius 1 is 1.11 bits per heavy atom. The minimum Gasteiger partial charge on any atom is -0.481 e. The highest BCUT2D eigenvalue weighted by Gasteiger charge is 2.34. The van der Waals surface area contributed by atoms with Gasteiger partial charge in [-0.05, 0) is 47.5 Å². The Morgan fingerprint density at radius 3 is 2.55 bits per heavy atom. The van der Waals surface area contributed by atoms with Gasteiger partial charge in [0.2, 0.25) is 11.5 Å². The van der Waals surface area contributed by atoms with Crippen molar-refractivity contribution >= 4 is 64.5 Å². The number of carbonyl (C=O) groups is 3. The lowest BCUT2D eigenvalue weighted by Gasteiger charge is -2.10. The van der Waals surface area contributed by atoms with Gasteiger partial charge < -0.3 is 19.2 Å². The van der Waals surface area contributed by atoms with E-state index in [1.165, 1.54) is 31.4 Å². The molecule has 2 heterocycles. The smallest absolute Gasteiger partial charge is 0.373 e. The minimum atomic E-state index is -0.751. The van der Waals surface area contributed by atoms with E-state index in [0.29, 0.717) is 15.6 Å². The summed E-state index contributed by atoms with van der Waals surface area (Å²) in [4.78, 5) is 48.7. The molecule has 0 aliphatic carbocycles. The number of hydrogen-bond acceptors (Lipinski definition) is 8. The molecule has 0 saturated carbocycles. The Labute approximate surface area is 229 Å². The highest BCUT2D eigenvalue weighted by Crippen LogP contribution is 2.38. The number of urea groups is 1. The van der Waals surface area contributed by atoms with E-state index in [1.54, 1.807) is 18.2 Å². The molecule has 0 spiro atoms. The van der Waals surface area contributed by atoms with Crippen LogP contribution in [0.25, 0.3) is 6.08 Å². The zero-order valence-electron chi connectivity index (χ0n) is 19.3. The number of amides is 3. The molecular formula is C24H16Cl3N3O8. The number of hydrogen-bond donors (Lipinski definition) is 1. The molecule has 1 fully saturated rings. The number of nitrogens with one attached hydrogen (secondary N) is 1. The predicted octanol–water partition coefficient (Wildman–Crippen LogP) is 5.61. The van der Waals surface area contributed by atoms with E-state index < -0.39 is 28.5 Å². The molecule has 4 rings (SSSR count). The lowest BCUT2D eigenvalue weighted by Crippen LogP contribution is -2.30. The molecule has 1 N–H and O–H groups in total. The van der Waals surface area contributed by atoms with Crippen molar-refractivity contribution < 1.29 is 33.2 Å². The predicted molar refractivity (Wildman–Crippen MR) is 136 cm³/mol. The van der Waals surface area contributed by atoms with Crippen LogP contribution in [0.3, 0.4) is 0 Å². The first-order valence-electron chi connectivity index (χ1n) is 10.6. The highest BCUT2D eigenvalue weighted by atomic mass is 35.5. The second-order valence-electron chi connectivity index (χ2n) is 7.78. The third-order valence-corrected chi connectivity index (χ3v) is 6.27. The number of imide groups is 1. The van der Waals surface area contributed by atoms with Crippen LogP contribution in [0.2, 0.25) is 15.1 Å². The van der Waals surface area contributed by atoms with E-state index in [4.69, 9.17) is 44.0 Å². The monoisotopic (exact) mass is 579 g/mol. The number of furan rings is 1. The Morgan fingerprint density at radius 2 is 1.87 bits per heavy atom. The van der Waals surface area contributed by atoms with Crippen LogP contribution in [0, 0.1) is 10.1 Å². The van der Waals surface area contributed by atoms with Gasteiger partial charge in [-0.25, -0.2) is 9.59 Å². The number of ether oxygens (including phenoxy) is 2. The van der Waals surface area contributed by atoms with E-state index in [9.17, 15) is 24.5 Å². The summed E-state index contributed by atoms with van der Waals surface area (Å²) in [6.45, 7) is -0.340. The first-order chi connectivity index (χ1) is 18.1. The Hall–Kier alpha value is -4.06. The number of nitrogens with zero attached hydrogens (tertiary/aromatic N) is 2. The summed E-state index contributed by atoms with van der Waals surface area (Å²) in [6, 6.07) is 9.29. The summed E-state index contributed by atoms with van der Waals surface area (Å²) in [7, 11) is 1.18. The molecular weight excluding hydrogens is 565 g/mol. The van der Waals surface area contributed by atoms with Gasteiger partial charge in [0.15, 0.2) is 0 Å². The zero-order chi connectivity index (χ0) is 27.6. The molecule has 1 saturated heterocycles. The fourth-order valence-electron chi connectivity index (χ4n) is 3.46. The molecule has 0 atom stereocenters. The molecule has 3 amide bonds. The quantitative estimate of drug-likeness (QED) is 0.119. The SMILES string of the molecule is COC(=O)c1ccc(CN2C(=O)N/C(=C\c3cc(Cl)c(OCc4ccc(Cl)c(Cl)c4)c([N+](=O)[O-])c3)C2=O)o1. The Bertz CT molecular complexity index is 1500. The summed E-state index contributed by atoms with van der Waals surface area (Å²) in [5.74, 6) is -1.54. The van der Waals surface area contributed by atoms with Gasteiger partial charge in [-0.15, -0.1) is 0 Å². The van der Waals surface area contributed by atoms with E-state index in [0.717, 1.165) is 11.0 Å². The second-order valence-corrected chi connectivity index (χ2v) is 9.00. The number of halogens is 3. The summed E-state index contributed by atoms with van der Waals surface area (Å²) in [5, 5.41) is 14.7. The molecule has 2 aromatic carbocycles. The van der Waals surface area contributed by atoms with E-state index >= 15 is 0 Å². The van der Waals surface area contributed by atoms with Crippen molar-refractivity contribution in [1.82, 2.24) is 10.2 Å². The summed E-state index contributed by atoms with van der Waals surface area (Å²) >= 11 is 18.2. The van der Waals surface area contributed by atoms with E-state index in [2.05, 4.69) is 10.1 Å². The third kappa shape index (κ3) is 5.75. The molecule has 0 bridgehead atoms. The molecule has 3 aromatic rings. The fraction of sp³-hybridized carbons (Fsp3) is 0.125. The maximum absolute atomic E-state index is 12.8. The van der Waals surface area contributed by atoms with Crippen LogP contribution < -0.4 is 10.1 Å². The van der Waals surface area contributed by atoms with Gasteiger partial charge in [-0.2, -0.15) is 0 Å². The van der Waals surface area contributed by atoms with Gasteiger partial charge in [-0.1, -0.05) is 40.9 Å². The molecule has 38 heavy (non-hydrogen) atoms. The van der Waals surface area contributed by atoms with Gasteiger partial charge in [0, 0.05) is 6.07 Å². The summed E-state index contributed by atoms with van der Waals surface area (Å²) in [5.41, 5.74) is 0.166. The van der Waals surface area contributed by atoms with Gasteiger partial charge in [0.1, 0.15) is 18.1 Å². The average Bonchev–Trinajstić information content (AvgIpc) is 3.45. The Balaban J connectivity index is 1.54. The van der Waals surface area contributed by atoms with E-state index in [-0.39, 0.29) is 46.7 Å². The molecule has 14 heteroatoms. The molecule has 0 radical (unpaired) electrons. The number of carbonyl (C=O) groups excluding carboxylic acids is 3. The molecule has 196 valence electrons. The molecule has 1 aliphatic rings. The number of rotatable bonds is 8. The van der Waals surface area contributed by atoms with Gasteiger partial charge >= 0.3 is 17.7 Å². The van der Waals surface area contributed by atoms with Crippen LogP contribution in [0.15, 0.2) is 52.6 Å². The number of esters is 1. The topological polar surface area (TPSA) is 141 Å². The number of benzene rings is 2. The van der Waals surface area contributed by atoms with Crippen molar-refractivity contribution in [2.45, 2.75) is 13.2 Å². The normalized spacial score (nSPS) is 14.1. The Kier molecular flexibility index (Phi) is 7.91. The van der Waals surface area contributed by atoms with Crippen molar-refractivity contribution in [3.05, 3.63) is 96.0 Å². The standard InChI is InChI=1S/C24H16Cl3N3O8/c1-36-23(32)20-5-3-14(38-20)10-29-22(31)18(28-24(29)33)8-13-7-17(27)21(19(9-13)30(34)35)37-11-12-2-4-15(25)16(26)6-12/h2-9H,10-11H2,1H3,(H,28,33)/b18-8-. The number of nitro benzene ring substituents is 1. The minimum absolute atomic E-state index is 0.0775. The lowest BCUT2D eigenvalue weighted by atomic mass is 10.1. The maximum atomic E-state index is 12.8. The first kappa shape index (κ1) is 27.0. The summed E-state index contributed by atoms with van der Waals surface area (Å²) in [6.07, 6.45) is 1.24. The first-order valence-corrected chi connectivity index (χ1v) is 11.8. The molecule has 1 aromatic heterocycles. The largest absolute Gasteiger partial charge is 0.481 e. The average molecular weight is 581 g/mol. The van der Waals surface area contributed by atoms with E-state index in [1.807, 2.05) is 0 Å². The molecule has 1 aliphatic heterocycles. The van der Waals surface area contributed by atoms with Crippen molar-refractivity contribution in [3.63, 3.8) is 0 Å². The lowest BCUT2D eigenvalue weighted by molar-refractivity contribution is -0.385. The van der Waals surface area contributed by atoms with Crippen molar-refractivity contribution in [3.8, 4) is 5.75 Å². The van der Waals surface area contributed by atoms with Gasteiger partial charge in [0.05, 0.1) is 33.6 Å². The van der Waals surface area contributed by atoms with Gasteiger partial charge in [-0.3, -0.25) is 19.8 Å². The van der Waals surface area contributed by atoms with Crippen LogP contribution in [0.4, 0.5) is 10.5 Å². The van der Waals surface area contributed by atoms with Crippen LogP contribution >= 0.6 is 34.8 Å². The fourth-order valence-corrected chi connectivity index (χ4v) is 4.05. The van der Waals surface area contributed by atoms with Crippen molar-refractivity contribution in [2.24, 2.45) is 0 Å². The van der Waals surface area contributed by atoms with Crippen LogP contribution in [0.1, 0.15) is 27.4 Å². The van der Waals surface area contributed by atoms with Gasteiger partial charge in [0.25, 0.3) is 5.91 Å².